The predicted octanol–water partition coefficient (Wildman–Crippen LogP) is 3.21. The summed E-state index contributed by atoms with van der Waals surface area (Å²) < 4.78 is 0.965. The quantitative estimate of drug-likeness (QED) is 0.668. The molecule has 1 fully saturated rings. The van der Waals surface area contributed by atoms with Crippen molar-refractivity contribution in [3.05, 3.63) is 20.8 Å². The number of amides is 1. The van der Waals surface area contributed by atoms with E-state index >= 15 is 0 Å². The van der Waals surface area contributed by atoms with Crippen LogP contribution in [0.3, 0.4) is 0 Å². The molecule has 1 unspecified atom stereocenters. The van der Waals surface area contributed by atoms with Crippen LogP contribution in [0.1, 0.15) is 30.1 Å². The van der Waals surface area contributed by atoms with Gasteiger partial charge in [-0.2, -0.15) is 0 Å². The van der Waals surface area contributed by atoms with E-state index in [1.165, 1.54) is 11.3 Å². The Bertz CT molecular complexity index is 472. The maximum Gasteiger partial charge on any atom is 0.254 e. The fourth-order valence-corrected chi connectivity index (χ4v) is 3.33. The second kappa shape index (κ2) is 5.84. The van der Waals surface area contributed by atoms with Crippen LogP contribution in [0, 0.1) is 5.92 Å². The van der Waals surface area contributed by atoms with E-state index in [1.807, 2.05) is 23.3 Å². The van der Waals surface area contributed by atoms with Gasteiger partial charge in [0.1, 0.15) is 0 Å². The van der Waals surface area contributed by atoms with Crippen LogP contribution < -0.4 is 0 Å². The average Bonchev–Trinajstić information content (AvgIpc) is 2.83. The van der Waals surface area contributed by atoms with Crippen LogP contribution in [0.15, 0.2) is 20.4 Å². The van der Waals surface area contributed by atoms with E-state index in [0.717, 1.165) is 21.5 Å². The zero-order valence-corrected chi connectivity index (χ0v) is 12.5. The largest absolute Gasteiger partial charge is 0.411 e. The maximum absolute atomic E-state index is 12.3. The number of carbonyl (C=O) groups is 1. The summed E-state index contributed by atoms with van der Waals surface area (Å²) in [5.74, 6) is 0.238. The Balaban J connectivity index is 2.09. The first kappa shape index (κ1) is 13.5. The molecule has 0 radical (unpaired) electrons. The van der Waals surface area contributed by atoms with E-state index in [4.69, 9.17) is 5.21 Å². The highest BCUT2D eigenvalue weighted by Gasteiger charge is 2.28. The van der Waals surface area contributed by atoms with Crippen molar-refractivity contribution >= 4 is 38.9 Å². The smallest absolute Gasteiger partial charge is 0.254 e. The molecule has 1 atom stereocenters. The summed E-state index contributed by atoms with van der Waals surface area (Å²) in [5, 5.41) is 14.1. The monoisotopic (exact) mass is 330 g/mol. The summed E-state index contributed by atoms with van der Waals surface area (Å²) >= 11 is 4.88. The lowest BCUT2D eigenvalue weighted by Crippen LogP contribution is -2.43. The standard InChI is InChI=1S/C12H15BrN2O2S/c1-2-8-6-15(4-3-10(8)14-17)12(16)9-5-11(13)18-7-9/h5,7-8,17H,2-4,6H2,1H3. The molecule has 2 rings (SSSR count). The number of halogens is 1. The Morgan fingerprint density at radius 1 is 1.72 bits per heavy atom. The molecule has 0 bridgehead atoms. The van der Waals surface area contributed by atoms with E-state index in [1.54, 1.807) is 0 Å². The van der Waals surface area contributed by atoms with Crippen molar-refractivity contribution in [2.45, 2.75) is 19.8 Å². The van der Waals surface area contributed by atoms with Gasteiger partial charge in [-0.05, 0) is 28.4 Å². The van der Waals surface area contributed by atoms with Crippen LogP contribution >= 0.6 is 27.3 Å². The Kier molecular flexibility index (Phi) is 4.40. The lowest BCUT2D eigenvalue weighted by molar-refractivity contribution is 0.0729. The number of oxime groups is 1. The van der Waals surface area contributed by atoms with E-state index in [9.17, 15) is 4.79 Å². The minimum absolute atomic E-state index is 0.0624. The van der Waals surface area contributed by atoms with Crippen molar-refractivity contribution in [3.8, 4) is 0 Å². The van der Waals surface area contributed by atoms with Gasteiger partial charge in [-0.15, -0.1) is 11.3 Å². The van der Waals surface area contributed by atoms with Crippen molar-refractivity contribution in [3.63, 3.8) is 0 Å². The van der Waals surface area contributed by atoms with Crippen molar-refractivity contribution in [1.82, 2.24) is 4.90 Å². The van der Waals surface area contributed by atoms with Crippen LogP contribution in [-0.2, 0) is 0 Å². The number of carbonyl (C=O) groups excluding carboxylic acids is 1. The molecule has 1 saturated heterocycles. The minimum Gasteiger partial charge on any atom is -0.411 e. The predicted molar refractivity (Wildman–Crippen MR) is 75.5 cm³/mol. The van der Waals surface area contributed by atoms with Crippen LogP contribution in [0.5, 0.6) is 0 Å². The van der Waals surface area contributed by atoms with Gasteiger partial charge in [-0.1, -0.05) is 12.1 Å². The molecule has 1 aliphatic rings. The highest BCUT2D eigenvalue weighted by molar-refractivity contribution is 9.11. The van der Waals surface area contributed by atoms with Crippen molar-refractivity contribution in [2.75, 3.05) is 13.1 Å². The third-order valence-corrected chi connectivity index (χ3v) is 4.78. The first-order valence-electron chi connectivity index (χ1n) is 5.89. The molecule has 1 amide bonds. The third kappa shape index (κ3) is 2.75. The highest BCUT2D eigenvalue weighted by atomic mass is 79.9. The molecule has 1 aromatic heterocycles. The molecule has 1 aliphatic heterocycles. The topological polar surface area (TPSA) is 52.9 Å². The molecule has 1 aromatic rings. The lowest BCUT2D eigenvalue weighted by Gasteiger charge is -2.32. The van der Waals surface area contributed by atoms with Crippen LogP contribution in [-0.4, -0.2) is 34.8 Å². The van der Waals surface area contributed by atoms with Crippen LogP contribution in [0.25, 0.3) is 0 Å². The summed E-state index contributed by atoms with van der Waals surface area (Å²) in [6.45, 7) is 3.31. The molecular weight excluding hydrogens is 316 g/mol. The van der Waals surface area contributed by atoms with Gasteiger partial charge in [0.05, 0.1) is 15.1 Å². The summed E-state index contributed by atoms with van der Waals surface area (Å²) in [4.78, 5) is 14.1. The van der Waals surface area contributed by atoms with Crippen LogP contribution in [0.4, 0.5) is 0 Å². The Morgan fingerprint density at radius 2 is 2.50 bits per heavy atom. The van der Waals surface area contributed by atoms with Gasteiger partial charge >= 0.3 is 0 Å². The van der Waals surface area contributed by atoms with Gasteiger partial charge < -0.3 is 10.1 Å². The second-order valence-electron chi connectivity index (χ2n) is 4.34. The number of thiophene rings is 1. The molecule has 0 saturated carbocycles. The van der Waals surface area contributed by atoms with Crippen molar-refractivity contribution < 1.29 is 10.0 Å². The number of hydrogen-bond donors (Lipinski definition) is 1. The van der Waals surface area contributed by atoms with Crippen molar-refractivity contribution in [2.24, 2.45) is 11.1 Å². The summed E-state index contributed by atoms with van der Waals surface area (Å²) in [6, 6.07) is 1.85. The first-order chi connectivity index (χ1) is 8.65. The van der Waals surface area contributed by atoms with Crippen molar-refractivity contribution in [1.29, 1.82) is 0 Å². The maximum atomic E-state index is 12.3. The van der Waals surface area contributed by atoms with E-state index in [0.29, 0.717) is 19.5 Å². The molecule has 0 spiro atoms. The van der Waals surface area contributed by atoms with Gasteiger partial charge in [0.2, 0.25) is 0 Å². The molecule has 1 N–H and O–H groups in total. The third-order valence-electron chi connectivity index (χ3n) is 3.27. The van der Waals surface area contributed by atoms with E-state index < -0.39 is 0 Å². The second-order valence-corrected chi connectivity index (χ2v) is 6.63. The summed E-state index contributed by atoms with van der Waals surface area (Å²) in [5.41, 5.74) is 1.54. The van der Waals surface area contributed by atoms with E-state index in [-0.39, 0.29) is 11.8 Å². The highest BCUT2D eigenvalue weighted by Crippen LogP contribution is 2.24. The van der Waals surface area contributed by atoms with Gasteiger partial charge in [0.25, 0.3) is 5.91 Å². The minimum atomic E-state index is 0.0624. The number of rotatable bonds is 2. The molecule has 6 heteroatoms. The summed E-state index contributed by atoms with van der Waals surface area (Å²) in [6.07, 6.45) is 1.54. The van der Waals surface area contributed by atoms with Crippen LogP contribution in [0.2, 0.25) is 0 Å². The zero-order valence-electron chi connectivity index (χ0n) is 10.1. The molecule has 4 nitrogen and oxygen atoms in total. The van der Waals surface area contributed by atoms with Gasteiger partial charge in [-0.3, -0.25) is 4.79 Å². The SMILES string of the molecule is CCC1CN(C(=O)c2csc(Br)c2)CCC1=NO. The number of likely N-dealkylation sites (tertiary alicyclic amines) is 1. The van der Waals surface area contributed by atoms with Gasteiger partial charge in [-0.25, -0.2) is 0 Å². The molecule has 98 valence electrons. The molecule has 0 aliphatic carbocycles. The lowest BCUT2D eigenvalue weighted by atomic mass is 9.93. The van der Waals surface area contributed by atoms with Gasteiger partial charge in [0, 0.05) is 30.8 Å². The number of hydrogen-bond acceptors (Lipinski definition) is 4. The number of piperidine rings is 1. The Labute approximate surface area is 118 Å². The zero-order chi connectivity index (χ0) is 13.1. The fraction of sp³-hybridized carbons (Fsp3) is 0.500. The Hall–Kier alpha value is -0.880. The first-order valence-corrected chi connectivity index (χ1v) is 7.57. The molecule has 18 heavy (non-hydrogen) atoms. The normalized spacial score (nSPS) is 22.4. The molecular formula is C12H15BrN2O2S. The fourth-order valence-electron chi connectivity index (χ4n) is 2.20. The van der Waals surface area contributed by atoms with Gasteiger partial charge in [0.15, 0.2) is 0 Å². The molecule has 2 heterocycles. The number of nitrogens with zero attached hydrogens (tertiary/aromatic N) is 2. The Morgan fingerprint density at radius 3 is 3.06 bits per heavy atom. The average molecular weight is 331 g/mol. The summed E-state index contributed by atoms with van der Waals surface area (Å²) in [7, 11) is 0. The van der Waals surface area contributed by atoms with E-state index in [2.05, 4.69) is 21.1 Å². The molecule has 0 aromatic carbocycles.